The fourth-order valence-electron chi connectivity index (χ4n) is 12.8. The molecule has 4 N–H and O–H groups in total. The minimum absolute atomic E-state index is 0. The molecule has 3 aromatic rings. The third-order valence-corrected chi connectivity index (χ3v) is 28.5. The molecule has 2 amide bonds. The van der Waals surface area contributed by atoms with E-state index < -0.39 is 155 Å². The first-order chi connectivity index (χ1) is 40.2. The van der Waals surface area contributed by atoms with Gasteiger partial charge in [0.2, 0.25) is 0 Å². The van der Waals surface area contributed by atoms with Crippen molar-refractivity contribution in [2.24, 2.45) is 20.7 Å². The molecule has 0 unspecified atom stereocenters. The average molecular weight is 1460 g/mol. The van der Waals surface area contributed by atoms with Gasteiger partial charge in [0.25, 0.3) is 0 Å². The summed E-state index contributed by atoms with van der Waals surface area (Å²) in [6, 6.07) is 12.7. The fraction of sp³-hybridized carbons (Fsp3) is 0.617. The lowest BCUT2D eigenvalue weighted by Gasteiger charge is -2.41. The van der Waals surface area contributed by atoms with Crippen LogP contribution in [0.25, 0.3) is 0 Å². The molecule has 500 valence electrons. The number of rotatable bonds is 7. The minimum Gasteiger partial charge on any atom is -0.444 e. The summed E-state index contributed by atoms with van der Waals surface area (Å²) in [5, 5.41) is 1.45. The Kier molecular flexibility index (Phi) is 20.4. The van der Waals surface area contributed by atoms with Gasteiger partial charge in [0.1, 0.15) is 82.8 Å². The number of carbonyl (C=O) groups excluding carboxylic acids is 2. The van der Waals surface area contributed by atoms with Gasteiger partial charge < -0.3 is 24.5 Å². The van der Waals surface area contributed by atoms with Crippen LogP contribution in [0.5, 0.6) is 0 Å². The van der Waals surface area contributed by atoms with E-state index in [0.29, 0.717) is 14.4 Å². The number of hydrogen-bond donors (Lipinski definition) is 3. The van der Waals surface area contributed by atoms with E-state index in [4.69, 9.17) is 24.5 Å². The van der Waals surface area contributed by atoms with Gasteiger partial charge in [0.05, 0.1) is 27.0 Å². The predicted molar refractivity (Wildman–Crippen MR) is 343 cm³/mol. The molecule has 7 aliphatic rings. The van der Waals surface area contributed by atoms with E-state index in [1.165, 1.54) is 68.4 Å². The number of fused-ring (bicyclic) bond motifs is 6. The molecule has 0 radical (unpaired) electrons. The molecule has 0 aliphatic carbocycles. The standard InChI is InChI=1S/C25H35BF2N2O6S.C19H23BrF2N2O4S.C14H15BrF2N2O2S.2CH4/c1-21(2,3)34-20(31)29-19-25(14-27)12-11-18(37(25,32)33)24(8,30-19)16-13-15(9-10-17(16)28)26-35-22(4,5)23(6,7)36-26;1-17(2,3)28-16(25)23-15-19(10-21)8-7-14(29(19,26)27)18(4,24-15)12-9-11(20)5-6-13(12)22;1-13(9-6-8(15)2-3-10(9)17)11-4-5-14(7-16,12(18)19-13)22(11,20)21;;/h9-10,13,18H,11-12,14H2,1-8H3,(H,29,30,31);5-6,9,14H,7-8,10H2,1-4H3,(H,23,24,25);2-3,6,11H,4-5,7H2,1H3,(H2,18,19);2*1H4/t18-,24+,25-;14-,18+,19-;11-,13+,14-;;/m000../s1. The Morgan fingerprint density at radius 3 is 1.22 bits per heavy atom. The maximum Gasteiger partial charge on any atom is 0.494 e. The smallest absolute Gasteiger partial charge is 0.444 e. The highest BCUT2D eigenvalue weighted by molar-refractivity contribution is 9.10. The normalized spacial score (nSPS) is 31.7. The number of aliphatic imine (C=N–C) groups is 3. The van der Waals surface area contributed by atoms with Crippen LogP contribution >= 0.6 is 31.9 Å². The Hall–Kier alpha value is -4.62. The van der Waals surface area contributed by atoms with Crippen LogP contribution in [-0.2, 0) is 64.9 Å². The third kappa shape index (κ3) is 12.1. The van der Waals surface area contributed by atoms with Crippen molar-refractivity contribution in [1.82, 2.24) is 10.6 Å². The molecule has 10 rings (SSSR count). The van der Waals surface area contributed by atoms with Crippen molar-refractivity contribution in [2.75, 3.05) is 20.0 Å². The van der Waals surface area contributed by atoms with Gasteiger partial charge in [-0.05, 0) is 176 Å². The van der Waals surface area contributed by atoms with Gasteiger partial charge in [-0.1, -0.05) is 58.8 Å². The monoisotopic (exact) mass is 1460 g/mol. The molecule has 7 aliphatic heterocycles. The Morgan fingerprint density at radius 1 is 0.567 bits per heavy atom. The van der Waals surface area contributed by atoms with E-state index in [0.717, 1.165) is 0 Å². The van der Waals surface area contributed by atoms with Gasteiger partial charge in [-0.15, -0.1) is 0 Å². The first-order valence-electron chi connectivity index (χ1n) is 28.3. The summed E-state index contributed by atoms with van der Waals surface area (Å²) in [5.74, 6) is -2.85. The van der Waals surface area contributed by atoms with Crippen LogP contribution in [0.4, 0.5) is 35.9 Å². The highest BCUT2D eigenvalue weighted by Crippen LogP contribution is 2.55. The van der Waals surface area contributed by atoms with Crippen molar-refractivity contribution >= 4 is 104 Å². The van der Waals surface area contributed by atoms with Crippen LogP contribution in [0.3, 0.4) is 0 Å². The van der Waals surface area contributed by atoms with E-state index in [1.807, 2.05) is 27.7 Å². The van der Waals surface area contributed by atoms with E-state index in [2.05, 4.69) is 57.5 Å². The topological polar surface area (TPSA) is 261 Å². The number of alkyl carbamates (subject to hydrolysis) is 2. The molecule has 4 fully saturated rings. The molecule has 0 saturated carbocycles. The summed E-state index contributed by atoms with van der Waals surface area (Å²) in [7, 11) is -13.1. The zero-order valence-corrected chi connectivity index (χ0v) is 56.6. The number of alkyl halides is 3. The van der Waals surface area contributed by atoms with Gasteiger partial charge in [0, 0.05) is 25.6 Å². The number of hydrogen-bond acceptors (Lipinski definition) is 16. The number of ether oxygens (including phenoxy) is 2. The molecule has 0 aromatic heterocycles. The molecular formula is C60H81BBr2F6N6O12S3. The van der Waals surface area contributed by atoms with Crippen molar-refractivity contribution in [3.63, 3.8) is 0 Å². The van der Waals surface area contributed by atoms with Crippen molar-refractivity contribution in [3.8, 4) is 0 Å². The summed E-state index contributed by atoms with van der Waals surface area (Å²) in [6.07, 6.45) is -1.63. The number of nitrogens with one attached hydrogen (secondary N) is 2. The minimum atomic E-state index is -4.23. The van der Waals surface area contributed by atoms with Crippen LogP contribution in [0, 0.1) is 17.5 Å². The molecular weight excluding hydrogens is 1380 g/mol. The number of sulfone groups is 3. The second kappa shape index (κ2) is 24.6. The van der Waals surface area contributed by atoms with Crippen LogP contribution < -0.4 is 21.8 Å². The largest absolute Gasteiger partial charge is 0.494 e. The number of amides is 2. The van der Waals surface area contributed by atoms with E-state index in [-0.39, 0.29) is 87.6 Å². The molecule has 18 nitrogen and oxygen atoms in total. The van der Waals surface area contributed by atoms with Crippen LogP contribution in [0.15, 0.2) is 78.5 Å². The molecule has 7 heterocycles. The summed E-state index contributed by atoms with van der Waals surface area (Å²) in [4.78, 5) is 38.2. The van der Waals surface area contributed by atoms with Crippen molar-refractivity contribution in [2.45, 2.75) is 212 Å². The van der Waals surface area contributed by atoms with Crippen LogP contribution in [-0.4, -0.2) is 134 Å². The maximum atomic E-state index is 15.4. The van der Waals surface area contributed by atoms with Gasteiger partial charge in [0.15, 0.2) is 43.8 Å². The molecule has 4 saturated heterocycles. The Morgan fingerprint density at radius 2 is 0.878 bits per heavy atom. The van der Waals surface area contributed by atoms with Gasteiger partial charge in [-0.2, -0.15) is 0 Å². The lowest BCUT2D eigenvalue weighted by Crippen LogP contribution is -2.61. The zero-order chi connectivity index (χ0) is 66.0. The SMILES string of the molecule is C.C.CC(C)(C)OC(=O)NC1=N[C@](C)(c2cc(B3OC(C)(C)C(C)(C)O3)ccc2F)[C@@H]2CC[C@@]1(CF)S2(=O)=O.CC(C)(C)OC(=O)NC1=N[C@](C)(c2cc(Br)ccc2F)[C@@H]2CC[C@@]1(CF)S2(=O)=O.C[C@]1(c2cc(Br)ccc2F)N=C(N)[C@@]2(CF)CC[C@@H]1S2(=O)=O. The Balaban J connectivity index is 0.000000219. The molecule has 0 spiro atoms. The number of halogens is 8. The molecule has 30 heteroatoms. The highest BCUT2D eigenvalue weighted by atomic mass is 79.9. The molecule has 9 atom stereocenters. The van der Waals surface area contributed by atoms with Gasteiger partial charge in [-0.3, -0.25) is 25.6 Å². The number of nitrogens with zero attached hydrogens (tertiary/aromatic N) is 3. The second-order valence-electron chi connectivity index (χ2n) is 26.8. The first kappa shape index (κ1) is 74.4. The van der Waals surface area contributed by atoms with Crippen LogP contribution in [0.1, 0.15) is 160 Å². The van der Waals surface area contributed by atoms with Gasteiger partial charge in [-0.25, -0.2) is 61.2 Å². The summed E-state index contributed by atoms with van der Waals surface area (Å²) in [5.41, 5.74) is -1.03. The number of nitrogens with two attached hydrogens (primary N) is 1. The van der Waals surface area contributed by atoms with E-state index in [9.17, 15) is 56.8 Å². The van der Waals surface area contributed by atoms with Gasteiger partial charge >= 0.3 is 19.3 Å². The number of carbonyl (C=O) groups is 2. The summed E-state index contributed by atoms with van der Waals surface area (Å²) < 4.78 is 184. The third-order valence-electron chi connectivity index (χ3n) is 18.3. The van der Waals surface area contributed by atoms with Crippen molar-refractivity contribution in [1.29, 1.82) is 0 Å². The summed E-state index contributed by atoms with van der Waals surface area (Å²) in [6.45, 7) is 18.3. The quantitative estimate of drug-likeness (QED) is 0.147. The zero-order valence-electron chi connectivity index (χ0n) is 50.9. The Bertz CT molecular complexity index is 3790. The van der Waals surface area contributed by atoms with Crippen LogP contribution in [0.2, 0.25) is 0 Å². The molecule has 6 bridgehead atoms. The van der Waals surface area contributed by atoms with E-state index in [1.54, 1.807) is 48.5 Å². The number of benzene rings is 3. The second-order valence-corrected chi connectivity index (χ2v) is 35.9. The average Bonchev–Trinajstić information content (AvgIpc) is 1.47. The van der Waals surface area contributed by atoms with Crippen molar-refractivity contribution in [3.05, 3.63) is 97.7 Å². The van der Waals surface area contributed by atoms with E-state index >= 15 is 4.39 Å². The Labute approximate surface area is 541 Å². The lowest BCUT2D eigenvalue weighted by atomic mass is 9.75. The molecule has 90 heavy (non-hydrogen) atoms. The fourth-order valence-corrected chi connectivity index (χ4v) is 21.5. The van der Waals surface area contributed by atoms with Crippen molar-refractivity contribution < 1.29 is 80.0 Å². The summed E-state index contributed by atoms with van der Waals surface area (Å²) >= 11 is 6.52. The number of amidine groups is 3. The lowest BCUT2D eigenvalue weighted by molar-refractivity contribution is 0.00578. The maximum absolute atomic E-state index is 15.4. The molecule has 3 aromatic carbocycles. The predicted octanol–water partition coefficient (Wildman–Crippen LogP) is 11.3. The first-order valence-corrected chi connectivity index (χ1v) is 34.5. The highest BCUT2D eigenvalue weighted by Gasteiger charge is 2.69.